The number of carbonyl (C=O) groups is 1. The number of nitrogens with zero attached hydrogens (tertiary/aromatic N) is 2. The van der Waals surface area contributed by atoms with E-state index in [0.717, 1.165) is 59.2 Å². The summed E-state index contributed by atoms with van der Waals surface area (Å²) in [4.78, 5) is 20.1. The van der Waals surface area contributed by atoms with Gasteiger partial charge in [-0.25, -0.2) is 0 Å². The van der Waals surface area contributed by atoms with Crippen LogP contribution in [0.3, 0.4) is 0 Å². The summed E-state index contributed by atoms with van der Waals surface area (Å²) in [5, 5.41) is 0.947. The fourth-order valence-electron chi connectivity index (χ4n) is 3.90. The highest BCUT2D eigenvalue weighted by Gasteiger charge is 2.23. The van der Waals surface area contributed by atoms with Gasteiger partial charge in [-0.2, -0.15) is 0 Å². The van der Waals surface area contributed by atoms with E-state index in [0.29, 0.717) is 5.92 Å². The highest BCUT2D eigenvalue weighted by atomic mass is 16.2. The number of fused-ring (bicyclic) bond motifs is 1. The van der Waals surface area contributed by atoms with Gasteiger partial charge in [-0.1, -0.05) is 55.0 Å². The number of carbonyl (C=O) groups excluding carboxylic acids is 1. The van der Waals surface area contributed by atoms with Crippen LogP contribution in [0, 0.1) is 19.8 Å². The van der Waals surface area contributed by atoms with Crippen LogP contribution in [0.15, 0.2) is 48.5 Å². The summed E-state index contributed by atoms with van der Waals surface area (Å²) in [6, 6.07) is 16.6. The van der Waals surface area contributed by atoms with Gasteiger partial charge in [0.25, 0.3) is 5.91 Å². The minimum absolute atomic E-state index is 0.137. The van der Waals surface area contributed by atoms with Crippen molar-refractivity contribution >= 4 is 16.8 Å². The van der Waals surface area contributed by atoms with Crippen LogP contribution < -0.4 is 0 Å². The molecule has 1 aliphatic rings. The third-order valence-electron chi connectivity index (χ3n) is 5.63. The molecule has 3 nitrogen and oxygen atoms in total. The van der Waals surface area contributed by atoms with E-state index >= 15 is 0 Å². The van der Waals surface area contributed by atoms with Gasteiger partial charge in [-0.15, -0.1) is 0 Å². The number of hydrogen-bond donors (Lipinski definition) is 0. The quantitative estimate of drug-likeness (QED) is 0.615. The topological polar surface area (TPSA) is 33.2 Å². The Morgan fingerprint density at radius 1 is 1.04 bits per heavy atom. The molecular formula is C24H26N2O. The number of rotatable bonds is 2. The number of benzene rings is 2. The molecular weight excluding hydrogens is 332 g/mol. The van der Waals surface area contributed by atoms with E-state index in [2.05, 4.69) is 44.2 Å². The second-order valence-electron chi connectivity index (χ2n) is 7.85. The third-order valence-corrected chi connectivity index (χ3v) is 5.63. The average Bonchev–Trinajstić information content (AvgIpc) is 2.68. The molecule has 138 valence electrons. The Bertz CT molecular complexity index is 983. The molecule has 2 aromatic carbocycles. The summed E-state index contributed by atoms with van der Waals surface area (Å²) in [5.41, 5.74) is 6.03. The van der Waals surface area contributed by atoms with Gasteiger partial charge in [0.05, 0.1) is 11.1 Å². The molecule has 0 spiro atoms. The zero-order valence-corrected chi connectivity index (χ0v) is 16.3. The monoisotopic (exact) mass is 358 g/mol. The van der Waals surface area contributed by atoms with Crippen LogP contribution in [-0.4, -0.2) is 28.9 Å². The molecule has 3 aromatic rings. The van der Waals surface area contributed by atoms with E-state index < -0.39 is 0 Å². The van der Waals surface area contributed by atoms with E-state index in [1.54, 1.807) is 0 Å². The first kappa shape index (κ1) is 17.7. The van der Waals surface area contributed by atoms with E-state index in [1.807, 2.05) is 30.0 Å². The van der Waals surface area contributed by atoms with Crippen molar-refractivity contribution < 1.29 is 4.79 Å². The minimum atomic E-state index is 0.137. The van der Waals surface area contributed by atoms with Crippen molar-refractivity contribution in [3.63, 3.8) is 0 Å². The summed E-state index contributed by atoms with van der Waals surface area (Å²) >= 11 is 0. The molecule has 1 saturated heterocycles. The number of aryl methyl sites for hydroxylation is 2. The highest BCUT2D eigenvalue weighted by Crippen LogP contribution is 2.31. The van der Waals surface area contributed by atoms with Crippen LogP contribution in [0.1, 0.15) is 41.4 Å². The lowest BCUT2D eigenvalue weighted by molar-refractivity contribution is 0.0699. The van der Waals surface area contributed by atoms with Crippen LogP contribution >= 0.6 is 0 Å². The molecule has 0 aliphatic carbocycles. The molecule has 1 aliphatic heterocycles. The summed E-state index contributed by atoms with van der Waals surface area (Å²) in [6.07, 6.45) is 2.17. The molecule has 0 unspecified atom stereocenters. The van der Waals surface area contributed by atoms with Crippen LogP contribution in [0.5, 0.6) is 0 Å². The summed E-state index contributed by atoms with van der Waals surface area (Å²) in [5.74, 6) is 0.844. The molecule has 2 heterocycles. The molecule has 0 N–H and O–H groups in total. The van der Waals surface area contributed by atoms with Gasteiger partial charge in [-0.05, 0) is 44.2 Å². The third kappa shape index (κ3) is 3.46. The molecule has 0 radical (unpaired) electrons. The normalized spacial score (nSPS) is 15.3. The fraction of sp³-hybridized carbons (Fsp3) is 0.333. The first-order chi connectivity index (χ1) is 13.0. The van der Waals surface area contributed by atoms with Crippen LogP contribution in [0.4, 0.5) is 0 Å². The first-order valence-corrected chi connectivity index (χ1v) is 9.79. The maximum absolute atomic E-state index is 13.3. The first-order valence-electron chi connectivity index (χ1n) is 9.79. The minimum Gasteiger partial charge on any atom is -0.339 e. The number of para-hydroxylation sites is 1. The molecule has 1 aromatic heterocycles. The molecule has 1 fully saturated rings. The summed E-state index contributed by atoms with van der Waals surface area (Å²) in [7, 11) is 0. The Labute approximate surface area is 161 Å². The lowest BCUT2D eigenvalue weighted by atomic mass is 9.96. The predicted molar refractivity (Wildman–Crippen MR) is 111 cm³/mol. The predicted octanol–water partition coefficient (Wildman–Crippen LogP) is 5.39. The van der Waals surface area contributed by atoms with Crippen molar-refractivity contribution in [3.8, 4) is 11.1 Å². The van der Waals surface area contributed by atoms with Crippen molar-refractivity contribution in [1.29, 1.82) is 0 Å². The van der Waals surface area contributed by atoms with E-state index in [4.69, 9.17) is 4.98 Å². The number of likely N-dealkylation sites (tertiary alicyclic amines) is 1. The largest absolute Gasteiger partial charge is 0.339 e. The van der Waals surface area contributed by atoms with Gasteiger partial charge in [0, 0.05) is 29.7 Å². The zero-order chi connectivity index (χ0) is 19.0. The van der Waals surface area contributed by atoms with Crippen molar-refractivity contribution in [1.82, 2.24) is 9.88 Å². The number of hydrogen-bond acceptors (Lipinski definition) is 2. The summed E-state index contributed by atoms with van der Waals surface area (Å²) < 4.78 is 0. The molecule has 3 heteroatoms. The maximum Gasteiger partial charge on any atom is 0.254 e. The molecule has 4 rings (SSSR count). The van der Waals surface area contributed by atoms with E-state index in [9.17, 15) is 4.79 Å². The van der Waals surface area contributed by atoms with E-state index in [1.165, 1.54) is 5.56 Å². The maximum atomic E-state index is 13.3. The lowest BCUT2D eigenvalue weighted by Crippen LogP contribution is -2.38. The molecule has 0 bridgehead atoms. The van der Waals surface area contributed by atoms with E-state index in [-0.39, 0.29) is 5.91 Å². The van der Waals surface area contributed by atoms with Crippen LogP contribution in [0.25, 0.3) is 22.0 Å². The smallest absolute Gasteiger partial charge is 0.254 e. The highest BCUT2D eigenvalue weighted by molar-refractivity contribution is 6.09. The zero-order valence-electron chi connectivity index (χ0n) is 16.3. The van der Waals surface area contributed by atoms with Crippen molar-refractivity contribution in [2.24, 2.45) is 5.92 Å². The van der Waals surface area contributed by atoms with Gasteiger partial charge in [0.15, 0.2) is 0 Å². The van der Waals surface area contributed by atoms with Gasteiger partial charge in [0.1, 0.15) is 0 Å². The molecule has 27 heavy (non-hydrogen) atoms. The Morgan fingerprint density at radius 3 is 2.44 bits per heavy atom. The molecule has 1 amide bonds. The summed E-state index contributed by atoms with van der Waals surface area (Å²) in [6.45, 7) is 8.02. The standard InChI is InChI=1S/C24H26N2O/c1-16-7-9-19(10-8-16)20-5-4-6-21-22(15-18(3)25-23(20)21)24(27)26-13-11-17(2)12-14-26/h4-10,15,17H,11-14H2,1-3H3. The lowest BCUT2D eigenvalue weighted by Gasteiger charge is -2.30. The SMILES string of the molecule is Cc1ccc(-c2cccc3c(C(=O)N4CCC(C)CC4)cc(C)nc23)cc1. The second-order valence-corrected chi connectivity index (χ2v) is 7.85. The number of pyridine rings is 1. The van der Waals surface area contributed by atoms with Gasteiger partial charge < -0.3 is 4.90 Å². The van der Waals surface area contributed by atoms with Crippen molar-refractivity contribution in [2.75, 3.05) is 13.1 Å². The average molecular weight is 358 g/mol. The number of piperidine rings is 1. The van der Waals surface area contributed by atoms with Gasteiger partial charge >= 0.3 is 0 Å². The van der Waals surface area contributed by atoms with Crippen molar-refractivity contribution in [3.05, 3.63) is 65.4 Å². The Morgan fingerprint density at radius 2 is 1.74 bits per heavy atom. The number of aromatic nitrogens is 1. The molecule has 0 atom stereocenters. The Balaban J connectivity index is 1.82. The van der Waals surface area contributed by atoms with Gasteiger partial charge in [0.2, 0.25) is 0 Å². The van der Waals surface area contributed by atoms with Crippen LogP contribution in [0.2, 0.25) is 0 Å². The van der Waals surface area contributed by atoms with Crippen LogP contribution in [-0.2, 0) is 0 Å². The fourth-order valence-corrected chi connectivity index (χ4v) is 3.90. The van der Waals surface area contributed by atoms with Gasteiger partial charge in [-0.3, -0.25) is 9.78 Å². The Hall–Kier alpha value is -2.68. The number of amides is 1. The van der Waals surface area contributed by atoms with Crippen molar-refractivity contribution in [2.45, 2.75) is 33.6 Å². The Kier molecular flexibility index (Phi) is 4.69. The molecule has 0 saturated carbocycles. The second kappa shape index (κ2) is 7.15.